The molecule has 2 aromatic rings. The zero-order valence-corrected chi connectivity index (χ0v) is 14.3. The van der Waals surface area contributed by atoms with Gasteiger partial charge in [-0.25, -0.2) is 14.5 Å². The van der Waals surface area contributed by atoms with Gasteiger partial charge in [0, 0.05) is 25.2 Å². The highest BCUT2D eigenvalue weighted by Gasteiger charge is 2.39. The number of hydrogen-bond donors (Lipinski definition) is 1. The second kappa shape index (κ2) is 5.60. The molecule has 0 amide bonds. The Kier molecular flexibility index (Phi) is 3.69. The molecule has 23 heavy (non-hydrogen) atoms. The number of anilines is 1. The molecule has 4 rings (SSSR count). The van der Waals surface area contributed by atoms with Crippen molar-refractivity contribution >= 4 is 23.1 Å². The molecule has 2 aromatic heterocycles. The Morgan fingerprint density at radius 3 is 2.74 bits per heavy atom. The van der Waals surface area contributed by atoms with E-state index < -0.39 is 0 Å². The predicted octanol–water partition coefficient (Wildman–Crippen LogP) is 3.27. The maximum atomic E-state index is 6.27. The minimum Gasteiger partial charge on any atom is -0.381 e. The van der Waals surface area contributed by atoms with Crippen LogP contribution < -0.4 is 5.32 Å². The molecule has 0 aromatic carbocycles. The third-order valence-corrected chi connectivity index (χ3v) is 5.17. The van der Waals surface area contributed by atoms with Crippen LogP contribution in [0.5, 0.6) is 0 Å². The fraction of sp³-hybridized carbons (Fsp3) is 0.688. The van der Waals surface area contributed by atoms with Crippen LogP contribution in [-0.2, 0) is 4.74 Å². The fourth-order valence-electron chi connectivity index (χ4n) is 3.68. The van der Waals surface area contributed by atoms with E-state index in [0.29, 0.717) is 28.5 Å². The highest BCUT2D eigenvalue weighted by atomic mass is 35.5. The lowest BCUT2D eigenvalue weighted by Gasteiger charge is -2.41. The molecule has 0 bridgehead atoms. The van der Waals surface area contributed by atoms with E-state index in [1.807, 2.05) is 4.52 Å². The van der Waals surface area contributed by atoms with Crippen LogP contribution in [-0.4, -0.2) is 38.8 Å². The zero-order valence-electron chi connectivity index (χ0n) is 13.5. The largest absolute Gasteiger partial charge is 0.381 e. The highest BCUT2D eigenvalue weighted by molar-refractivity contribution is 6.32. The van der Waals surface area contributed by atoms with E-state index in [0.717, 1.165) is 50.2 Å². The predicted molar refractivity (Wildman–Crippen MR) is 89.0 cm³/mol. The van der Waals surface area contributed by atoms with Crippen molar-refractivity contribution in [2.75, 3.05) is 18.5 Å². The second-order valence-corrected chi connectivity index (χ2v) is 7.80. The molecule has 2 aliphatic rings. The second-order valence-electron chi connectivity index (χ2n) is 7.44. The third-order valence-electron chi connectivity index (χ3n) is 4.89. The van der Waals surface area contributed by atoms with Crippen molar-refractivity contribution in [3.8, 4) is 0 Å². The topological polar surface area (TPSA) is 64.3 Å². The van der Waals surface area contributed by atoms with Gasteiger partial charge >= 0.3 is 0 Å². The molecule has 0 unspecified atom stereocenters. The minimum atomic E-state index is 0.367. The zero-order chi connectivity index (χ0) is 16.0. The number of ether oxygens (including phenoxy) is 1. The SMILES string of the molecule is CC1(C)CC(c2nc(Cl)c3cnc(NC4CCOCC4)nn23)C1. The van der Waals surface area contributed by atoms with Crippen molar-refractivity contribution in [2.24, 2.45) is 5.41 Å². The minimum absolute atomic E-state index is 0.367. The van der Waals surface area contributed by atoms with Crippen LogP contribution in [0.1, 0.15) is 51.3 Å². The summed E-state index contributed by atoms with van der Waals surface area (Å²) < 4.78 is 7.26. The summed E-state index contributed by atoms with van der Waals surface area (Å²) in [5.74, 6) is 2.02. The summed E-state index contributed by atoms with van der Waals surface area (Å²) >= 11 is 6.27. The van der Waals surface area contributed by atoms with Crippen LogP contribution in [0.3, 0.4) is 0 Å². The number of halogens is 1. The van der Waals surface area contributed by atoms with Gasteiger partial charge < -0.3 is 10.1 Å². The van der Waals surface area contributed by atoms with Gasteiger partial charge in [-0.15, -0.1) is 5.10 Å². The van der Waals surface area contributed by atoms with Gasteiger partial charge in [0.05, 0.1) is 6.20 Å². The van der Waals surface area contributed by atoms with Crippen molar-refractivity contribution in [1.82, 2.24) is 19.6 Å². The van der Waals surface area contributed by atoms with Gasteiger partial charge in [0.1, 0.15) is 11.3 Å². The lowest BCUT2D eigenvalue weighted by atomic mass is 9.64. The smallest absolute Gasteiger partial charge is 0.241 e. The average molecular weight is 336 g/mol. The van der Waals surface area contributed by atoms with Crippen molar-refractivity contribution < 1.29 is 4.74 Å². The number of imidazole rings is 1. The maximum absolute atomic E-state index is 6.27. The van der Waals surface area contributed by atoms with Gasteiger partial charge in [-0.1, -0.05) is 25.4 Å². The summed E-state index contributed by atoms with van der Waals surface area (Å²) in [4.78, 5) is 8.94. The standard InChI is InChI=1S/C16H22ClN5O/c1-16(2)7-10(8-16)14-20-13(17)12-9-18-15(21-22(12)14)19-11-3-5-23-6-4-11/h9-11H,3-8H2,1-2H3,(H,19,21). The number of aromatic nitrogens is 4. The van der Waals surface area contributed by atoms with Crippen molar-refractivity contribution in [3.05, 3.63) is 17.2 Å². The Balaban J connectivity index is 1.61. The Morgan fingerprint density at radius 1 is 1.30 bits per heavy atom. The van der Waals surface area contributed by atoms with Crippen LogP contribution >= 0.6 is 11.6 Å². The van der Waals surface area contributed by atoms with Crippen molar-refractivity contribution in [2.45, 2.75) is 51.5 Å². The molecule has 1 aliphatic carbocycles. The first-order valence-electron chi connectivity index (χ1n) is 8.27. The van der Waals surface area contributed by atoms with Crippen molar-refractivity contribution in [3.63, 3.8) is 0 Å². The Hall–Kier alpha value is -1.40. The summed E-state index contributed by atoms with van der Waals surface area (Å²) in [6.07, 6.45) is 5.97. The molecule has 0 radical (unpaired) electrons. The number of rotatable bonds is 3. The van der Waals surface area contributed by atoms with Crippen LogP contribution in [0.15, 0.2) is 6.20 Å². The lowest BCUT2D eigenvalue weighted by Crippen LogP contribution is -2.31. The van der Waals surface area contributed by atoms with Gasteiger partial charge in [-0.2, -0.15) is 0 Å². The number of fused-ring (bicyclic) bond motifs is 1. The normalized spacial score (nSPS) is 22.2. The van der Waals surface area contributed by atoms with E-state index >= 15 is 0 Å². The maximum Gasteiger partial charge on any atom is 0.241 e. The van der Waals surface area contributed by atoms with E-state index in [4.69, 9.17) is 16.3 Å². The van der Waals surface area contributed by atoms with Gasteiger partial charge in [-0.05, 0) is 31.1 Å². The number of nitrogens with one attached hydrogen (secondary N) is 1. The summed E-state index contributed by atoms with van der Waals surface area (Å²) in [7, 11) is 0. The summed E-state index contributed by atoms with van der Waals surface area (Å²) in [6, 6.07) is 0.367. The molecule has 1 aliphatic heterocycles. The first-order valence-corrected chi connectivity index (χ1v) is 8.65. The molecule has 2 fully saturated rings. The first kappa shape index (κ1) is 15.1. The molecular formula is C16H22ClN5O. The summed E-state index contributed by atoms with van der Waals surface area (Å²) in [5.41, 5.74) is 1.17. The van der Waals surface area contributed by atoms with E-state index in [-0.39, 0.29) is 0 Å². The van der Waals surface area contributed by atoms with Crippen LogP contribution in [0.2, 0.25) is 5.15 Å². The first-order chi connectivity index (χ1) is 11.0. The third kappa shape index (κ3) is 2.90. The molecule has 6 nitrogen and oxygen atoms in total. The number of hydrogen-bond acceptors (Lipinski definition) is 5. The van der Waals surface area contributed by atoms with Crippen molar-refractivity contribution in [1.29, 1.82) is 0 Å². The van der Waals surface area contributed by atoms with E-state index in [2.05, 4.69) is 34.2 Å². The van der Waals surface area contributed by atoms with E-state index in [1.54, 1.807) is 6.20 Å². The van der Waals surface area contributed by atoms with Crippen LogP contribution in [0.4, 0.5) is 5.95 Å². The molecule has 1 saturated carbocycles. The average Bonchev–Trinajstić information content (AvgIpc) is 2.82. The van der Waals surface area contributed by atoms with E-state index in [1.165, 1.54) is 0 Å². The molecule has 124 valence electrons. The molecule has 1 N–H and O–H groups in total. The summed E-state index contributed by atoms with van der Waals surface area (Å²) in [6.45, 7) is 6.15. The molecule has 0 spiro atoms. The van der Waals surface area contributed by atoms with E-state index in [9.17, 15) is 0 Å². The highest BCUT2D eigenvalue weighted by Crippen LogP contribution is 2.50. The lowest BCUT2D eigenvalue weighted by molar-refractivity contribution is 0.0903. The Morgan fingerprint density at radius 2 is 2.04 bits per heavy atom. The molecule has 3 heterocycles. The molecule has 1 saturated heterocycles. The number of nitrogens with zero attached hydrogens (tertiary/aromatic N) is 4. The van der Waals surface area contributed by atoms with Gasteiger partial charge in [-0.3, -0.25) is 0 Å². The summed E-state index contributed by atoms with van der Waals surface area (Å²) in [5, 5.41) is 8.54. The monoisotopic (exact) mass is 335 g/mol. The van der Waals surface area contributed by atoms with Crippen LogP contribution in [0.25, 0.3) is 5.52 Å². The molecule has 7 heteroatoms. The van der Waals surface area contributed by atoms with Gasteiger partial charge in [0.25, 0.3) is 0 Å². The van der Waals surface area contributed by atoms with Gasteiger partial charge in [0.2, 0.25) is 5.95 Å². The molecule has 0 atom stereocenters. The fourth-order valence-corrected chi connectivity index (χ4v) is 3.90. The Bertz CT molecular complexity index is 715. The quantitative estimate of drug-likeness (QED) is 0.932. The van der Waals surface area contributed by atoms with Crippen LogP contribution in [0, 0.1) is 5.41 Å². The van der Waals surface area contributed by atoms with Gasteiger partial charge in [0.15, 0.2) is 5.15 Å². The Labute approximate surface area is 140 Å². The molecular weight excluding hydrogens is 314 g/mol.